The van der Waals surface area contributed by atoms with Crippen molar-refractivity contribution in [2.75, 3.05) is 0 Å². The minimum atomic E-state index is -0.245. The van der Waals surface area contributed by atoms with Crippen molar-refractivity contribution in [1.29, 1.82) is 0 Å². The van der Waals surface area contributed by atoms with Crippen molar-refractivity contribution in [2.24, 2.45) is 5.41 Å². The topological polar surface area (TPSA) is 17.1 Å². The number of rotatable bonds is 2. The van der Waals surface area contributed by atoms with Crippen LogP contribution in [-0.4, -0.2) is 5.78 Å². The third-order valence-corrected chi connectivity index (χ3v) is 3.93. The quantitative estimate of drug-likeness (QED) is 0.749. The molecule has 0 unspecified atom stereocenters. The van der Waals surface area contributed by atoms with Gasteiger partial charge in [-0.25, -0.2) is 0 Å². The van der Waals surface area contributed by atoms with Gasteiger partial charge in [0.15, 0.2) is 0 Å². The number of ketones is 1. The molecule has 0 atom stereocenters. The second-order valence-corrected chi connectivity index (χ2v) is 6.38. The summed E-state index contributed by atoms with van der Waals surface area (Å²) >= 11 is 0. The molecule has 17 heavy (non-hydrogen) atoms. The number of hydrogen-bond donors (Lipinski definition) is 0. The lowest BCUT2D eigenvalue weighted by Gasteiger charge is -2.44. The monoisotopic (exact) mass is 230 g/mol. The lowest BCUT2D eigenvalue weighted by atomic mass is 9.57. The first kappa shape index (κ1) is 12.3. The molecular formula is C16H22O. The molecule has 1 heteroatoms. The maximum atomic E-state index is 12.7. The zero-order valence-corrected chi connectivity index (χ0v) is 11.3. The molecule has 1 saturated carbocycles. The van der Waals surface area contributed by atoms with Gasteiger partial charge in [-0.3, -0.25) is 4.79 Å². The standard InChI is InChI=1S/C16H22O/c1-12-6-8-13(9-7-12)16(10-5-11-16)14(17)15(2,3)4/h6-9H,5,10-11H2,1-4H3. The van der Waals surface area contributed by atoms with Crippen LogP contribution in [0.3, 0.4) is 0 Å². The van der Waals surface area contributed by atoms with Crippen LogP contribution in [0.4, 0.5) is 0 Å². The Morgan fingerprint density at radius 1 is 1.12 bits per heavy atom. The molecule has 0 saturated heterocycles. The Kier molecular flexibility index (Phi) is 2.89. The smallest absolute Gasteiger partial charge is 0.148 e. The van der Waals surface area contributed by atoms with E-state index in [1.165, 1.54) is 17.5 Å². The van der Waals surface area contributed by atoms with Gasteiger partial charge in [0.25, 0.3) is 0 Å². The SMILES string of the molecule is Cc1ccc(C2(C(=O)C(C)(C)C)CCC2)cc1. The summed E-state index contributed by atoms with van der Waals surface area (Å²) in [5.74, 6) is 0.403. The summed E-state index contributed by atoms with van der Waals surface area (Å²) in [5, 5.41) is 0. The van der Waals surface area contributed by atoms with Gasteiger partial charge < -0.3 is 0 Å². The summed E-state index contributed by atoms with van der Waals surface area (Å²) in [6.45, 7) is 8.18. The van der Waals surface area contributed by atoms with Crippen LogP contribution in [0.1, 0.15) is 51.2 Å². The van der Waals surface area contributed by atoms with E-state index >= 15 is 0 Å². The third kappa shape index (κ3) is 2.03. The first-order chi connectivity index (χ1) is 7.86. The van der Waals surface area contributed by atoms with Crippen molar-refractivity contribution in [2.45, 2.75) is 52.4 Å². The van der Waals surface area contributed by atoms with Crippen molar-refractivity contribution >= 4 is 5.78 Å². The molecule has 1 aliphatic carbocycles. The predicted molar refractivity (Wildman–Crippen MR) is 71.2 cm³/mol. The van der Waals surface area contributed by atoms with Gasteiger partial charge in [-0.15, -0.1) is 0 Å². The van der Waals surface area contributed by atoms with E-state index in [4.69, 9.17) is 0 Å². The fraction of sp³-hybridized carbons (Fsp3) is 0.562. The second kappa shape index (κ2) is 3.97. The van der Waals surface area contributed by atoms with E-state index in [0.29, 0.717) is 5.78 Å². The van der Waals surface area contributed by atoms with Crippen molar-refractivity contribution < 1.29 is 4.79 Å². The summed E-state index contributed by atoms with van der Waals surface area (Å²) in [7, 11) is 0. The van der Waals surface area contributed by atoms with Gasteiger partial charge in [0, 0.05) is 5.41 Å². The van der Waals surface area contributed by atoms with Crippen LogP contribution in [0, 0.1) is 12.3 Å². The van der Waals surface area contributed by atoms with E-state index < -0.39 is 0 Å². The van der Waals surface area contributed by atoms with E-state index in [9.17, 15) is 4.79 Å². The molecule has 1 aromatic carbocycles. The molecule has 0 spiro atoms. The molecule has 1 aromatic rings. The van der Waals surface area contributed by atoms with E-state index in [0.717, 1.165) is 12.8 Å². The van der Waals surface area contributed by atoms with Crippen LogP contribution in [0.5, 0.6) is 0 Å². The lowest BCUT2D eigenvalue weighted by Crippen LogP contribution is -2.47. The minimum absolute atomic E-state index is 0.189. The number of hydrogen-bond acceptors (Lipinski definition) is 1. The maximum Gasteiger partial charge on any atom is 0.148 e. The minimum Gasteiger partial charge on any atom is -0.298 e. The van der Waals surface area contributed by atoms with Gasteiger partial charge in [-0.05, 0) is 25.3 Å². The van der Waals surface area contributed by atoms with Crippen molar-refractivity contribution in [1.82, 2.24) is 0 Å². The number of Topliss-reactive ketones (excluding diaryl/α,β-unsaturated/α-hetero) is 1. The molecule has 0 radical (unpaired) electrons. The zero-order valence-electron chi connectivity index (χ0n) is 11.3. The molecule has 92 valence electrons. The largest absolute Gasteiger partial charge is 0.298 e. The Morgan fingerprint density at radius 2 is 1.65 bits per heavy atom. The highest BCUT2D eigenvalue weighted by molar-refractivity contribution is 5.95. The summed E-state index contributed by atoms with van der Waals surface area (Å²) in [6.07, 6.45) is 3.22. The van der Waals surface area contributed by atoms with Crippen LogP contribution in [-0.2, 0) is 10.2 Å². The molecule has 0 N–H and O–H groups in total. The number of benzene rings is 1. The molecule has 1 aliphatic rings. The fourth-order valence-corrected chi connectivity index (χ4v) is 2.77. The second-order valence-electron chi connectivity index (χ2n) is 6.38. The molecular weight excluding hydrogens is 208 g/mol. The van der Waals surface area contributed by atoms with Gasteiger partial charge >= 0.3 is 0 Å². The normalized spacial score (nSPS) is 18.6. The van der Waals surface area contributed by atoms with Gasteiger partial charge in [-0.2, -0.15) is 0 Å². The van der Waals surface area contributed by atoms with Crippen molar-refractivity contribution in [3.8, 4) is 0 Å². The Bertz CT molecular complexity index is 416. The molecule has 0 heterocycles. The maximum absolute atomic E-state index is 12.7. The zero-order chi connectivity index (χ0) is 12.7. The van der Waals surface area contributed by atoms with E-state index in [2.05, 4.69) is 31.2 Å². The highest BCUT2D eigenvalue weighted by Gasteiger charge is 2.48. The number of carbonyl (C=O) groups excluding carboxylic acids is 1. The average molecular weight is 230 g/mol. The molecule has 0 bridgehead atoms. The first-order valence-corrected chi connectivity index (χ1v) is 6.48. The van der Waals surface area contributed by atoms with Crippen LogP contribution in [0.25, 0.3) is 0 Å². The highest BCUT2D eigenvalue weighted by atomic mass is 16.1. The molecule has 1 nitrogen and oxygen atoms in total. The van der Waals surface area contributed by atoms with E-state index in [1.54, 1.807) is 0 Å². The van der Waals surface area contributed by atoms with E-state index in [-0.39, 0.29) is 10.8 Å². The molecule has 1 fully saturated rings. The lowest BCUT2D eigenvalue weighted by molar-refractivity contribution is -0.135. The van der Waals surface area contributed by atoms with Gasteiger partial charge in [0.2, 0.25) is 0 Å². The molecule has 0 aromatic heterocycles. The average Bonchev–Trinajstić information content (AvgIpc) is 2.17. The Balaban J connectivity index is 2.38. The molecule has 0 amide bonds. The van der Waals surface area contributed by atoms with Gasteiger partial charge in [-0.1, -0.05) is 57.0 Å². The molecule has 0 aliphatic heterocycles. The van der Waals surface area contributed by atoms with Crippen LogP contribution < -0.4 is 0 Å². The van der Waals surface area contributed by atoms with Crippen molar-refractivity contribution in [3.05, 3.63) is 35.4 Å². The Labute approximate surface area is 104 Å². The Morgan fingerprint density at radius 3 is 2.00 bits per heavy atom. The predicted octanol–water partition coefficient (Wildman–Crippen LogP) is 4.03. The number of aryl methyl sites for hydroxylation is 1. The first-order valence-electron chi connectivity index (χ1n) is 6.48. The fourth-order valence-electron chi connectivity index (χ4n) is 2.77. The van der Waals surface area contributed by atoms with Gasteiger partial charge in [0.1, 0.15) is 5.78 Å². The van der Waals surface area contributed by atoms with Crippen LogP contribution >= 0.6 is 0 Å². The summed E-state index contributed by atoms with van der Waals surface area (Å²) in [5.41, 5.74) is 2.04. The highest BCUT2D eigenvalue weighted by Crippen LogP contribution is 2.48. The van der Waals surface area contributed by atoms with Crippen LogP contribution in [0.2, 0.25) is 0 Å². The molecule has 2 rings (SSSR count). The Hall–Kier alpha value is -1.11. The van der Waals surface area contributed by atoms with E-state index in [1.807, 2.05) is 20.8 Å². The summed E-state index contributed by atoms with van der Waals surface area (Å²) < 4.78 is 0. The van der Waals surface area contributed by atoms with Gasteiger partial charge in [0.05, 0.1) is 5.41 Å². The summed E-state index contributed by atoms with van der Waals surface area (Å²) in [4.78, 5) is 12.7. The third-order valence-electron chi connectivity index (χ3n) is 3.93. The van der Waals surface area contributed by atoms with Crippen molar-refractivity contribution in [3.63, 3.8) is 0 Å². The summed E-state index contributed by atoms with van der Waals surface area (Å²) in [6, 6.07) is 8.51. The number of carbonyl (C=O) groups is 1. The van der Waals surface area contributed by atoms with Crippen LogP contribution in [0.15, 0.2) is 24.3 Å².